The van der Waals surface area contributed by atoms with E-state index in [2.05, 4.69) is 60.5 Å². The summed E-state index contributed by atoms with van der Waals surface area (Å²) in [6.07, 6.45) is 1.30. The molecule has 0 aromatic rings. The second kappa shape index (κ2) is 5.31. The Morgan fingerprint density at radius 2 is 1.57 bits per heavy atom. The van der Waals surface area contributed by atoms with Crippen LogP contribution in [0.5, 0.6) is 0 Å². The van der Waals surface area contributed by atoms with Gasteiger partial charge in [0.05, 0.1) is 8.80 Å². The van der Waals surface area contributed by atoms with Crippen molar-refractivity contribution in [1.82, 2.24) is 4.90 Å². The Morgan fingerprint density at radius 3 is 1.64 bits per heavy atom. The number of nitrogens with zero attached hydrogens (tertiary/aromatic N) is 1. The minimum absolute atomic E-state index is 0.541. The van der Waals surface area contributed by atoms with Crippen molar-refractivity contribution >= 4 is 8.80 Å². The van der Waals surface area contributed by atoms with Gasteiger partial charge in [-0.05, 0) is 31.2 Å². The summed E-state index contributed by atoms with van der Waals surface area (Å²) in [4.78, 5) is 2.45. The molecule has 0 radical (unpaired) electrons. The summed E-state index contributed by atoms with van der Waals surface area (Å²) in [5.41, 5.74) is 1.73. The maximum absolute atomic E-state index is 2.45. The minimum atomic E-state index is -0.742. The largest absolute Gasteiger partial charge is 0.310 e. The molecule has 0 fully saturated rings. The number of hydrogen-bond donors (Lipinski definition) is 0. The molecule has 86 valence electrons. The van der Waals surface area contributed by atoms with Crippen LogP contribution in [-0.4, -0.2) is 33.5 Å². The number of hydrogen-bond acceptors (Lipinski definition) is 1. The Hall–Kier alpha value is 0.177. The van der Waals surface area contributed by atoms with Crippen LogP contribution >= 0.6 is 0 Å². The van der Waals surface area contributed by atoms with Crippen LogP contribution in [0.25, 0.3) is 0 Å². The third-order valence-corrected chi connectivity index (χ3v) is 8.55. The maximum atomic E-state index is 2.45. The van der Waals surface area contributed by atoms with Gasteiger partial charge in [-0.15, -0.1) is 0 Å². The average molecular weight is 215 g/mol. The monoisotopic (exact) mass is 215 g/mol. The van der Waals surface area contributed by atoms with Gasteiger partial charge >= 0.3 is 0 Å². The molecule has 0 saturated carbocycles. The molecule has 2 heteroatoms. The van der Waals surface area contributed by atoms with Crippen molar-refractivity contribution in [1.29, 1.82) is 0 Å². The molecule has 14 heavy (non-hydrogen) atoms. The highest BCUT2D eigenvalue weighted by molar-refractivity contribution is 6.65. The summed E-state index contributed by atoms with van der Waals surface area (Å²) in [7, 11) is 3.73. The summed E-state index contributed by atoms with van der Waals surface area (Å²) < 4.78 is 0. The van der Waals surface area contributed by atoms with Gasteiger partial charge in [-0.3, -0.25) is 0 Å². The predicted molar refractivity (Wildman–Crippen MR) is 69.7 cm³/mol. The lowest BCUT2D eigenvalue weighted by atomic mass is 10.2. The minimum Gasteiger partial charge on any atom is -0.310 e. The fourth-order valence-electron chi connectivity index (χ4n) is 2.96. The first-order chi connectivity index (χ1) is 6.21. The van der Waals surface area contributed by atoms with Crippen LogP contribution in [0.1, 0.15) is 48.0 Å². The molecule has 0 aliphatic carbocycles. The SMILES string of the molecule is CCC(N(C)C)[SiH](C(C)C)C(C)(C)C. The zero-order valence-corrected chi connectivity index (χ0v) is 12.5. The van der Waals surface area contributed by atoms with Crippen LogP contribution in [0.3, 0.4) is 0 Å². The van der Waals surface area contributed by atoms with Crippen molar-refractivity contribution in [3.05, 3.63) is 0 Å². The average Bonchev–Trinajstić information content (AvgIpc) is 1.95. The fraction of sp³-hybridized carbons (Fsp3) is 1.00. The first kappa shape index (κ1) is 14.2. The molecule has 2 atom stereocenters. The van der Waals surface area contributed by atoms with E-state index < -0.39 is 8.80 Å². The van der Waals surface area contributed by atoms with Crippen LogP contribution < -0.4 is 0 Å². The van der Waals surface area contributed by atoms with E-state index in [-0.39, 0.29) is 0 Å². The van der Waals surface area contributed by atoms with Crippen molar-refractivity contribution in [2.45, 2.75) is 64.2 Å². The summed E-state index contributed by atoms with van der Waals surface area (Å²) in [6.45, 7) is 14.4. The quantitative estimate of drug-likeness (QED) is 0.651. The molecule has 0 aliphatic heterocycles. The molecule has 0 aromatic carbocycles. The van der Waals surface area contributed by atoms with Gasteiger partial charge in [-0.1, -0.05) is 47.1 Å². The molecule has 0 aliphatic rings. The third kappa shape index (κ3) is 3.74. The van der Waals surface area contributed by atoms with E-state index >= 15 is 0 Å². The van der Waals surface area contributed by atoms with Crippen molar-refractivity contribution < 1.29 is 0 Å². The molecule has 0 amide bonds. The predicted octanol–water partition coefficient (Wildman–Crippen LogP) is 3.30. The standard InChI is InChI=1S/C12H29NSi/c1-9-11(13(7)8)14(10(2)3)12(4,5)6/h10-11,14H,9H2,1-8H3. The van der Waals surface area contributed by atoms with E-state index in [1.165, 1.54) is 6.42 Å². The lowest BCUT2D eigenvalue weighted by Gasteiger charge is -2.41. The first-order valence-corrected chi connectivity index (χ1v) is 7.79. The summed E-state index contributed by atoms with van der Waals surface area (Å²) in [6, 6.07) is 0. The molecule has 0 rings (SSSR count). The number of rotatable bonds is 4. The van der Waals surface area contributed by atoms with Gasteiger partial charge in [0.2, 0.25) is 0 Å². The topological polar surface area (TPSA) is 3.24 Å². The highest BCUT2D eigenvalue weighted by atomic mass is 28.3. The lowest BCUT2D eigenvalue weighted by Crippen LogP contribution is -2.48. The molecule has 0 saturated heterocycles. The Bertz CT molecular complexity index is 158. The molecule has 0 bridgehead atoms. The van der Waals surface area contributed by atoms with Gasteiger partial charge in [-0.25, -0.2) is 0 Å². The summed E-state index contributed by atoms with van der Waals surface area (Å²) in [5, 5.41) is 0.541. The van der Waals surface area contributed by atoms with Crippen molar-refractivity contribution in [3.8, 4) is 0 Å². The van der Waals surface area contributed by atoms with Gasteiger partial charge in [0, 0.05) is 0 Å². The smallest absolute Gasteiger partial charge is 0.0648 e. The zero-order chi connectivity index (χ0) is 11.5. The van der Waals surface area contributed by atoms with Gasteiger partial charge in [-0.2, -0.15) is 0 Å². The van der Waals surface area contributed by atoms with E-state index in [0.29, 0.717) is 5.04 Å². The van der Waals surface area contributed by atoms with Crippen molar-refractivity contribution in [3.63, 3.8) is 0 Å². The summed E-state index contributed by atoms with van der Waals surface area (Å²) >= 11 is 0. The first-order valence-electron chi connectivity index (χ1n) is 5.88. The van der Waals surface area contributed by atoms with Crippen molar-refractivity contribution in [2.24, 2.45) is 0 Å². The maximum Gasteiger partial charge on any atom is 0.0648 e. The van der Waals surface area contributed by atoms with Gasteiger partial charge in [0.25, 0.3) is 0 Å². The normalized spacial score (nSPS) is 17.6. The Labute approximate surface area is 92.5 Å². The van der Waals surface area contributed by atoms with Gasteiger partial charge < -0.3 is 4.90 Å². The summed E-state index contributed by atoms with van der Waals surface area (Å²) in [5.74, 6) is 0. The molecule has 2 unspecified atom stereocenters. The molecular formula is C12H29NSi. The van der Waals surface area contributed by atoms with Gasteiger partial charge in [0.1, 0.15) is 0 Å². The van der Waals surface area contributed by atoms with E-state index in [4.69, 9.17) is 0 Å². The van der Waals surface area contributed by atoms with E-state index in [9.17, 15) is 0 Å². The molecule has 0 heterocycles. The van der Waals surface area contributed by atoms with E-state index in [1.54, 1.807) is 0 Å². The molecule has 0 aromatic heterocycles. The Balaban J connectivity index is 4.80. The van der Waals surface area contributed by atoms with E-state index in [1.807, 2.05) is 0 Å². The van der Waals surface area contributed by atoms with Crippen LogP contribution in [0.2, 0.25) is 10.6 Å². The van der Waals surface area contributed by atoms with E-state index in [0.717, 1.165) is 11.2 Å². The third-order valence-electron chi connectivity index (χ3n) is 3.21. The van der Waals surface area contributed by atoms with Crippen LogP contribution in [0, 0.1) is 0 Å². The molecular weight excluding hydrogens is 186 g/mol. The highest BCUT2D eigenvalue weighted by Crippen LogP contribution is 2.37. The van der Waals surface area contributed by atoms with Crippen LogP contribution in [0.15, 0.2) is 0 Å². The Kier molecular flexibility index (Phi) is 5.38. The molecule has 0 spiro atoms. The second-order valence-electron chi connectivity index (χ2n) is 6.08. The van der Waals surface area contributed by atoms with Gasteiger partial charge in [0.15, 0.2) is 0 Å². The molecule has 1 nitrogen and oxygen atoms in total. The lowest BCUT2D eigenvalue weighted by molar-refractivity contribution is 0.349. The molecule has 0 N–H and O–H groups in total. The van der Waals surface area contributed by atoms with Crippen LogP contribution in [-0.2, 0) is 0 Å². The highest BCUT2D eigenvalue weighted by Gasteiger charge is 2.36. The Morgan fingerprint density at radius 1 is 1.14 bits per heavy atom. The fourth-order valence-corrected chi connectivity index (χ4v) is 8.15. The second-order valence-corrected chi connectivity index (χ2v) is 11.0. The van der Waals surface area contributed by atoms with Crippen molar-refractivity contribution in [2.75, 3.05) is 14.1 Å². The van der Waals surface area contributed by atoms with Crippen LogP contribution in [0.4, 0.5) is 0 Å². The zero-order valence-electron chi connectivity index (χ0n) is 11.4.